The van der Waals surface area contributed by atoms with Gasteiger partial charge in [0, 0.05) is 0 Å². The molecule has 0 fully saturated rings. The Morgan fingerprint density at radius 1 is 1.25 bits per heavy atom. The molecule has 0 bridgehead atoms. The van der Waals surface area contributed by atoms with Crippen LogP contribution in [0.15, 0.2) is 47.6 Å². The highest BCUT2D eigenvalue weighted by Gasteiger charge is 2.02. The number of aromatic carboxylic acids is 1. The van der Waals surface area contributed by atoms with Crippen LogP contribution in [0, 0.1) is 0 Å². The number of benzene rings is 2. The van der Waals surface area contributed by atoms with Crippen LogP contribution < -0.4 is 10.5 Å². The summed E-state index contributed by atoms with van der Waals surface area (Å²) in [5.41, 5.74) is 3.58. The van der Waals surface area contributed by atoms with E-state index in [2.05, 4.69) is 10.5 Å². The minimum absolute atomic E-state index is 0.103. The third-order valence-corrected chi connectivity index (χ3v) is 2.50. The van der Waals surface area contributed by atoms with Crippen molar-refractivity contribution in [2.75, 3.05) is 5.43 Å². The molecule has 2 aromatic rings. The molecule has 0 aliphatic heterocycles. The first-order valence-corrected chi connectivity index (χ1v) is 5.69. The SMILES string of the molecule is O=C(O)c1cccc(N/N=C/c2ccc(O)cc2[O-])c1. The summed E-state index contributed by atoms with van der Waals surface area (Å²) in [7, 11) is 0. The quantitative estimate of drug-likeness (QED) is 0.578. The van der Waals surface area contributed by atoms with Crippen molar-refractivity contribution in [1.29, 1.82) is 0 Å². The molecule has 6 nitrogen and oxygen atoms in total. The fourth-order valence-corrected chi connectivity index (χ4v) is 1.53. The van der Waals surface area contributed by atoms with Crippen LogP contribution in [0.1, 0.15) is 15.9 Å². The number of nitrogens with one attached hydrogen (secondary N) is 1. The molecule has 0 aromatic heterocycles. The van der Waals surface area contributed by atoms with Crippen LogP contribution in [0.25, 0.3) is 0 Å². The van der Waals surface area contributed by atoms with Gasteiger partial charge in [0.1, 0.15) is 5.75 Å². The van der Waals surface area contributed by atoms with Crippen molar-refractivity contribution in [1.82, 2.24) is 0 Å². The predicted octanol–water partition coefficient (Wildman–Crippen LogP) is 1.61. The topological polar surface area (TPSA) is 105 Å². The number of hydrogen-bond acceptors (Lipinski definition) is 5. The largest absolute Gasteiger partial charge is 0.872 e. The highest BCUT2D eigenvalue weighted by atomic mass is 16.4. The molecule has 0 radical (unpaired) electrons. The molecule has 0 aliphatic rings. The number of phenols is 1. The second-order valence-corrected chi connectivity index (χ2v) is 3.98. The van der Waals surface area contributed by atoms with Crippen molar-refractivity contribution in [3.05, 3.63) is 53.6 Å². The number of phenolic OH excluding ortho intramolecular Hbond substituents is 1. The number of hydrogen-bond donors (Lipinski definition) is 3. The van der Waals surface area contributed by atoms with Crippen LogP contribution in [0.3, 0.4) is 0 Å². The van der Waals surface area contributed by atoms with Crippen LogP contribution in [-0.4, -0.2) is 22.4 Å². The van der Waals surface area contributed by atoms with Gasteiger partial charge in [-0.25, -0.2) is 4.79 Å². The van der Waals surface area contributed by atoms with E-state index >= 15 is 0 Å². The van der Waals surface area contributed by atoms with Gasteiger partial charge in [0.2, 0.25) is 0 Å². The molecule has 2 aromatic carbocycles. The van der Waals surface area contributed by atoms with Crippen LogP contribution in [-0.2, 0) is 0 Å². The number of carboxylic acid groups (broad SMARTS) is 1. The van der Waals surface area contributed by atoms with Gasteiger partial charge in [0.25, 0.3) is 0 Å². The average Bonchev–Trinajstić information content (AvgIpc) is 2.41. The lowest BCUT2D eigenvalue weighted by molar-refractivity contribution is -0.268. The number of carbonyl (C=O) groups is 1. The fraction of sp³-hybridized carbons (Fsp3) is 0. The van der Waals surface area contributed by atoms with E-state index in [1.165, 1.54) is 30.5 Å². The van der Waals surface area contributed by atoms with E-state index in [1.807, 2.05) is 0 Å². The molecular formula is C14H11N2O4-. The number of nitrogens with zero attached hydrogens (tertiary/aromatic N) is 1. The maximum Gasteiger partial charge on any atom is 0.335 e. The number of aromatic hydroxyl groups is 1. The van der Waals surface area contributed by atoms with E-state index in [0.717, 1.165) is 6.07 Å². The Bertz CT molecular complexity index is 668. The van der Waals surface area contributed by atoms with Gasteiger partial charge >= 0.3 is 5.97 Å². The molecule has 6 heteroatoms. The van der Waals surface area contributed by atoms with E-state index in [9.17, 15) is 9.90 Å². The van der Waals surface area contributed by atoms with Gasteiger partial charge in [0.05, 0.1) is 17.5 Å². The number of rotatable bonds is 4. The summed E-state index contributed by atoms with van der Waals surface area (Å²) in [5, 5.41) is 33.3. The Morgan fingerprint density at radius 2 is 2.05 bits per heavy atom. The average molecular weight is 271 g/mol. The van der Waals surface area contributed by atoms with Gasteiger partial charge in [-0.1, -0.05) is 17.9 Å². The van der Waals surface area contributed by atoms with Crippen molar-refractivity contribution < 1.29 is 20.1 Å². The van der Waals surface area contributed by atoms with Gasteiger partial charge in [-0.2, -0.15) is 5.10 Å². The first kappa shape index (κ1) is 13.4. The molecule has 0 saturated carbocycles. The monoisotopic (exact) mass is 271 g/mol. The first-order valence-electron chi connectivity index (χ1n) is 5.69. The minimum Gasteiger partial charge on any atom is -0.872 e. The van der Waals surface area contributed by atoms with E-state index in [-0.39, 0.29) is 17.1 Å². The van der Waals surface area contributed by atoms with E-state index in [4.69, 9.17) is 10.2 Å². The molecule has 0 heterocycles. The zero-order chi connectivity index (χ0) is 14.5. The third kappa shape index (κ3) is 3.26. The van der Waals surface area contributed by atoms with Crippen molar-refractivity contribution in [2.45, 2.75) is 0 Å². The number of carboxylic acids is 1. The lowest BCUT2D eigenvalue weighted by Crippen LogP contribution is -1.99. The Balaban J connectivity index is 2.10. The molecule has 0 unspecified atom stereocenters. The molecule has 0 atom stereocenters. The van der Waals surface area contributed by atoms with Crippen LogP contribution in [0.5, 0.6) is 11.5 Å². The molecule has 102 valence electrons. The molecule has 3 N–H and O–H groups in total. The molecule has 20 heavy (non-hydrogen) atoms. The van der Waals surface area contributed by atoms with Crippen molar-refractivity contribution in [3.8, 4) is 11.5 Å². The zero-order valence-corrected chi connectivity index (χ0v) is 10.3. The standard InChI is InChI=1S/C14H12N2O4/c17-12-5-4-10(13(18)7-12)8-15-16-11-3-1-2-9(6-11)14(19)20/h1-8,16-18H,(H,19,20)/p-1/b15-8+. The molecular weight excluding hydrogens is 260 g/mol. The fourth-order valence-electron chi connectivity index (χ4n) is 1.53. The Labute approximate surface area is 114 Å². The van der Waals surface area contributed by atoms with E-state index in [0.29, 0.717) is 11.3 Å². The second kappa shape index (κ2) is 5.75. The van der Waals surface area contributed by atoms with Crippen molar-refractivity contribution in [3.63, 3.8) is 0 Å². The van der Waals surface area contributed by atoms with Crippen LogP contribution >= 0.6 is 0 Å². The Kier molecular flexibility index (Phi) is 3.85. The lowest BCUT2D eigenvalue weighted by atomic mass is 10.2. The van der Waals surface area contributed by atoms with E-state index in [1.54, 1.807) is 12.1 Å². The summed E-state index contributed by atoms with van der Waals surface area (Å²) in [6.07, 6.45) is 1.30. The molecule has 0 saturated heterocycles. The van der Waals surface area contributed by atoms with Crippen molar-refractivity contribution >= 4 is 17.9 Å². The van der Waals surface area contributed by atoms with Crippen molar-refractivity contribution in [2.24, 2.45) is 5.10 Å². The van der Waals surface area contributed by atoms with Crippen LogP contribution in [0.4, 0.5) is 5.69 Å². The summed E-state index contributed by atoms with van der Waals surface area (Å²) in [5.74, 6) is -1.48. The minimum atomic E-state index is -1.03. The third-order valence-electron chi connectivity index (χ3n) is 2.50. The van der Waals surface area contributed by atoms with E-state index < -0.39 is 5.97 Å². The summed E-state index contributed by atoms with van der Waals surface area (Å²) in [6, 6.07) is 10.0. The smallest absolute Gasteiger partial charge is 0.335 e. The van der Waals surface area contributed by atoms with Gasteiger partial charge in [0.15, 0.2) is 0 Å². The number of anilines is 1. The summed E-state index contributed by atoms with van der Waals surface area (Å²) in [6.45, 7) is 0. The zero-order valence-electron chi connectivity index (χ0n) is 10.3. The maximum atomic E-state index is 11.5. The number of hydrazone groups is 1. The van der Waals surface area contributed by atoms with Gasteiger partial charge in [-0.05, 0) is 35.9 Å². The second-order valence-electron chi connectivity index (χ2n) is 3.98. The molecule has 0 aliphatic carbocycles. The van der Waals surface area contributed by atoms with Crippen LogP contribution in [0.2, 0.25) is 0 Å². The highest BCUT2D eigenvalue weighted by Crippen LogP contribution is 2.18. The lowest BCUT2D eigenvalue weighted by Gasteiger charge is -2.09. The van der Waals surface area contributed by atoms with Gasteiger partial charge in [-0.15, -0.1) is 0 Å². The molecule has 0 spiro atoms. The summed E-state index contributed by atoms with van der Waals surface area (Å²) < 4.78 is 0. The Hall–Kier alpha value is -3.02. The molecule has 2 rings (SSSR count). The normalized spacial score (nSPS) is 10.6. The van der Waals surface area contributed by atoms with Gasteiger partial charge < -0.3 is 15.3 Å². The summed E-state index contributed by atoms with van der Waals surface area (Å²) >= 11 is 0. The molecule has 0 amide bonds. The predicted molar refractivity (Wildman–Crippen MR) is 72.2 cm³/mol. The maximum absolute atomic E-state index is 11.5. The first-order chi connectivity index (χ1) is 9.56. The summed E-state index contributed by atoms with van der Waals surface area (Å²) in [4.78, 5) is 10.8. The highest BCUT2D eigenvalue weighted by molar-refractivity contribution is 5.89. The van der Waals surface area contributed by atoms with Gasteiger partial charge in [-0.3, -0.25) is 5.43 Å². The Morgan fingerprint density at radius 3 is 2.75 bits per heavy atom.